The fourth-order valence-corrected chi connectivity index (χ4v) is 3.42. The van der Waals surface area contributed by atoms with Crippen LogP contribution in [0.1, 0.15) is 18.4 Å². The first-order valence-electron chi connectivity index (χ1n) is 9.14. The Labute approximate surface area is 155 Å². The number of carbonyl (C=O) groups excluding carboxylic acids is 1. The van der Waals surface area contributed by atoms with Gasteiger partial charge in [0.25, 0.3) is 0 Å². The van der Waals surface area contributed by atoms with Crippen molar-refractivity contribution in [1.29, 1.82) is 0 Å². The smallest absolute Gasteiger partial charge is 0.229 e. The maximum absolute atomic E-state index is 12.9. The number of methoxy groups -OCH3 is 1. The lowest BCUT2D eigenvalue weighted by Gasteiger charge is -2.27. The maximum atomic E-state index is 12.9. The number of rotatable bonds is 6. The molecule has 1 unspecified atom stereocenters. The lowest BCUT2D eigenvalue weighted by Crippen LogP contribution is -2.36. The Kier molecular flexibility index (Phi) is 6.26. The van der Waals surface area contributed by atoms with Gasteiger partial charge in [0, 0.05) is 33.3 Å². The first-order chi connectivity index (χ1) is 12.7. The molecule has 0 aromatic heterocycles. The number of hydrogen-bond acceptors (Lipinski definition) is 4. The lowest BCUT2D eigenvalue weighted by molar-refractivity contribution is -0.120. The molecule has 0 aliphatic carbocycles. The molecule has 0 saturated carbocycles. The second kappa shape index (κ2) is 8.83. The van der Waals surface area contributed by atoms with Crippen LogP contribution in [0.3, 0.4) is 0 Å². The van der Waals surface area contributed by atoms with Gasteiger partial charge in [0.2, 0.25) is 5.91 Å². The molecule has 2 aromatic rings. The number of fused-ring (bicyclic) bond motifs is 1. The van der Waals surface area contributed by atoms with Crippen molar-refractivity contribution in [3.05, 3.63) is 60.2 Å². The molecule has 1 heterocycles. The topological polar surface area (TPSA) is 58.8 Å². The second-order valence-electron chi connectivity index (χ2n) is 6.59. The van der Waals surface area contributed by atoms with Gasteiger partial charge in [0.15, 0.2) is 0 Å². The molecular weight excluding hydrogens is 326 g/mol. The van der Waals surface area contributed by atoms with E-state index in [1.807, 2.05) is 29.2 Å². The van der Waals surface area contributed by atoms with Crippen LogP contribution in [-0.2, 0) is 16.1 Å². The summed E-state index contributed by atoms with van der Waals surface area (Å²) in [6, 6.07) is 18.6. The number of para-hydroxylation sites is 2. The van der Waals surface area contributed by atoms with Gasteiger partial charge in [-0.25, -0.2) is 0 Å². The molecule has 1 amide bonds. The molecule has 1 atom stereocenters. The summed E-state index contributed by atoms with van der Waals surface area (Å²) in [7, 11) is 1.60. The summed E-state index contributed by atoms with van der Waals surface area (Å²) in [6.45, 7) is 2.81. The third-order valence-electron chi connectivity index (χ3n) is 4.84. The zero-order valence-electron chi connectivity index (χ0n) is 15.3. The van der Waals surface area contributed by atoms with Crippen LogP contribution < -0.4 is 15.5 Å². The van der Waals surface area contributed by atoms with E-state index in [4.69, 9.17) is 10.5 Å². The van der Waals surface area contributed by atoms with E-state index in [9.17, 15) is 4.79 Å². The molecule has 5 nitrogen and oxygen atoms in total. The summed E-state index contributed by atoms with van der Waals surface area (Å²) < 4.78 is 5.30. The Hall–Kier alpha value is -2.37. The highest BCUT2D eigenvalue weighted by Gasteiger charge is 2.26. The highest BCUT2D eigenvalue weighted by molar-refractivity contribution is 5.97. The zero-order chi connectivity index (χ0) is 18.4. The first kappa shape index (κ1) is 18.4. The van der Waals surface area contributed by atoms with Crippen LogP contribution in [-0.4, -0.2) is 38.8 Å². The molecule has 5 heteroatoms. The van der Waals surface area contributed by atoms with Gasteiger partial charge in [-0.2, -0.15) is 0 Å². The van der Waals surface area contributed by atoms with Crippen LogP contribution in [0.4, 0.5) is 11.4 Å². The minimum absolute atomic E-state index is 0.0660. The molecule has 0 fully saturated rings. The van der Waals surface area contributed by atoms with Crippen LogP contribution in [0.15, 0.2) is 54.6 Å². The van der Waals surface area contributed by atoms with Crippen molar-refractivity contribution < 1.29 is 9.53 Å². The van der Waals surface area contributed by atoms with E-state index < -0.39 is 0 Å². The lowest BCUT2D eigenvalue weighted by atomic mass is 10.1. The van der Waals surface area contributed by atoms with Crippen LogP contribution in [0.25, 0.3) is 0 Å². The van der Waals surface area contributed by atoms with Crippen molar-refractivity contribution in [2.75, 3.05) is 36.5 Å². The molecule has 2 N–H and O–H groups in total. The molecule has 138 valence electrons. The maximum Gasteiger partial charge on any atom is 0.229 e. The number of amides is 1. The largest absolute Gasteiger partial charge is 0.380 e. The standard InChI is InChI=1S/C21H27N3O2/c1-26-18(15-22)14-21(25)24-13-7-12-23(16-17-8-3-2-4-9-17)19-10-5-6-11-20(19)24/h2-6,8-11,18H,7,12-16,22H2,1H3. The van der Waals surface area contributed by atoms with Gasteiger partial charge in [0.05, 0.1) is 23.9 Å². The molecular formula is C21H27N3O2. The van der Waals surface area contributed by atoms with Crippen LogP contribution in [0.5, 0.6) is 0 Å². The van der Waals surface area contributed by atoms with Crippen molar-refractivity contribution in [2.24, 2.45) is 5.73 Å². The van der Waals surface area contributed by atoms with E-state index in [-0.39, 0.29) is 12.0 Å². The predicted molar refractivity (Wildman–Crippen MR) is 105 cm³/mol. The van der Waals surface area contributed by atoms with E-state index in [2.05, 4.69) is 35.2 Å². The van der Waals surface area contributed by atoms with Crippen LogP contribution in [0, 0.1) is 0 Å². The zero-order valence-corrected chi connectivity index (χ0v) is 15.3. The Morgan fingerprint density at radius 2 is 1.77 bits per heavy atom. The first-order valence-corrected chi connectivity index (χ1v) is 9.14. The molecule has 3 rings (SSSR count). The molecule has 26 heavy (non-hydrogen) atoms. The molecule has 0 saturated heterocycles. The van der Waals surface area contributed by atoms with Gasteiger partial charge in [-0.1, -0.05) is 42.5 Å². The highest BCUT2D eigenvalue weighted by Crippen LogP contribution is 2.33. The summed E-state index contributed by atoms with van der Waals surface area (Å²) in [5, 5.41) is 0. The summed E-state index contributed by atoms with van der Waals surface area (Å²) in [6.07, 6.45) is 0.992. The fraction of sp³-hybridized carbons (Fsp3) is 0.381. The molecule has 0 radical (unpaired) electrons. The Morgan fingerprint density at radius 1 is 1.08 bits per heavy atom. The van der Waals surface area contributed by atoms with Crippen molar-refractivity contribution >= 4 is 17.3 Å². The highest BCUT2D eigenvalue weighted by atomic mass is 16.5. The molecule has 1 aliphatic heterocycles. The number of anilines is 2. The summed E-state index contributed by atoms with van der Waals surface area (Å²) >= 11 is 0. The third kappa shape index (κ3) is 4.23. The molecule has 0 spiro atoms. The van der Waals surface area contributed by atoms with Crippen LogP contribution in [0.2, 0.25) is 0 Å². The van der Waals surface area contributed by atoms with E-state index in [1.165, 1.54) is 5.56 Å². The summed E-state index contributed by atoms with van der Waals surface area (Å²) in [5.41, 5.74) is 9.03. The number of ether oxygens (including phenoxy) is 1. The van der Waals surface area contributed by atoms with E-state index in [0.717, 1.165) is 30.9 Å². The normalized spacial score (nSPS) is 15.3. The van der Waals surface area contributed by atoms with E-state index in [0.29, 0.717) is 19.5 Å². The van der Waals surface area contributed by atoms with E-state index in [1.54, 1.807) is 7.11 Å². The van der Waals surface area contributed by atoms with Crippen LogP contribution >= 0.6 is 0 Å². The van der Waals surface area contributed by atoms with E-state index >= 15 is 0 Å². The second-order valence-corrected chi connectivity index (χ2v) is 6.59. The Bertz CT molecular complexity index is 716. The Morgan fingerprint density at radius 3 is 2.46 bits per heavy atom. The summed E-state index contributed by atoms with van der Waals surface area (Å²) in [5.74, 6) is 0.0660. The number of carbonyl (C=O) groups is 1. The van der Waals surface area contributed by atoms with Gasteiger partial charge < -0.3 is 20.3 Å². The minimum atomic E-state index is -0.238. The molecule has 1 aliphatic rings. The SMILES string of the molecule is COC(CN)CC(=O)N1CCCN(Cc2ccccc2)c2ccccc21. The number of nitrogens with zero attached hydrogens (tertiary/aromatic N) is 2. The van der Waals surface area contributed by atoms with Crippen molar-refractivity contribution in [3.63, 3.8) is 0 Å². The van der Waals surface area contributed by atoms with Crippen molar-refractivity contribution in [2.45, 2.75) is 25.5 Å². The summed E-state index contributed by atoms with van der Waals surface area (Å²) in [4.78, 5) is 17.1. The van der Waals surface area contributed by atoms with Crippen molar-refractivity contribution in [3.8, 4) is 0 Å². The molecule has 2 aromatic carbocycles. The third-order valence-corrected chi connectivity index (χ3v) is 4.84. The average molecular weight is 353 g/mol. The number of nitrogens with two attached hydrogens (primary N) is 1. The van der Waals surface area contributed by atoms with Gasteiger partial charge >= 0.3 is 0 Å². The fourth-order valence-electron chi connectivity index (χ4n) is 3.42. The predicted octanol–water partition coefficient (Wildman–Crippen LogP) is 2.79. The minimum Gasteiger partial charge on any atom is -0.380 e. The monoisotopic (exact) mass is 353 g/mol. The average Bonchev–Trinajstić information content (AvgIpc) is 2.87. The Balaban J connectivity index is 1.85. The van der Waals surface area contributed by atoms with Gasteiger partial charge in [-0.3, -0.25) is 4.79 Å². The quantitative estimate of drug-likeness (QED) is 0.868. The van der Waals surface area contributed by atoms with Gasteiger partial charge in [-0.05, 0) is 24.1 Å². The number of benzene rings is 2. The van der Waals surface area contributed by atoms with Crippen molar-refractivity contribution in [1.82, 2.24) is 0 Å². The van der Waals surface area contributed by atoms with Gasteiger partial charge in [-0.15, -0.1) is 0 Å². The molecule has 0 bridgehead atoms. The number of hydrogen-bond donors (Lipinski definition) is 1. The van der Waals surface area contributed by atoms with Gasteiger partial charge in [0.1, 0.15) is 0 Å².